The zero-order chi connectivity index (χ0) is 21.4. The molecule has 1 unspecified atom stereocenters. The van der Waals surface area contributed by atoms with Crippen LogP contribution in [0.1, 0.15) is 31.9 Å². The standard InChI is InChI=1S/C11H13NO2.C9H12O.C2H6.CH2O/c1-12-10(8-14-11(12)13)7-9-5-3-2-4-6-9;1-3-8-4-6-9(10-2)7-5-8;2*1-2/h2-6,10H,7-8H2,1H3;4-7H,3H2,1-2H3;1-2H3;1H2. The van der Waals surface area contributed by atoms with E-state index < -0.39 is 0 Å². The molecule has 1 aliphatic rings. The summed E-state index contributed by atoms with van der Waals surface area (Å²) in [4.78, 5) is 20.7. The van der Waals surface area contributed by atoms with Gasteiger partial charge < -0.3 is 19.2 Å². The molecule has 154 valence electrons. The van der Waals surface area contributed by atoms with Crippen LogP contribution in [0.3, 0.4) is 0 Å². The minimum atomic E-state index is -0.217. The lowest BCUT2D eigenvalue weighted by Gasteiger charge is -2.15. The molecule has 0 saturated carbocycles. The quantitative estimate of drug-likeness (QED) is 0.758. The number of benzene rings is 2. The average Bonchev–Trinajstić information content (AvgIpc) is 3.10. The van der Waals surface area contributed by atoms with Gasteiger partial charge in [-0.15, -0.1) is 0 Å². The fourth-order valence-corrected chi connectivity index (χ4v) is 2.47. The van der Waals surface area contributed by atoms with E-state index in [2.05, 4.69) is 31.2 Å². The van der Waals surface area contributed by atoms with Crippen LogP contribution in [-0.4, -0.2) is 44.6 Å². The Hall–Kier alpha value is -2.82. The Morgan fingerprint density at radius 2 is 1.61 bits per heavy atom. The highest BCUT2D eigenvalue weighted by Gasteiger charge is 2.29. The van der Waals surface area contributed by atoms with Gasteiger partial charge in [0.25, 0.3) is 0 Å². The summed E-state index contributed by atoms with van der Waals surface area (Å²) >= 11 is 0. The van der Waals surface area contributed by atoms with E-state index in [1.54, 1.807) is 19.1 Å². The Morgan fingerprint density at radius 3 is 2.04 bits per heavy atom. The van der Waals surface area contributed by atoms with Crippen molar-refractivity contribution in [2.24, 2.45) is 0 Å². The molecule has 5 heteroatoms. The molecular weight excluding hydrogens is 354 g/mol. The van der Waals surface area contributed by atoms with Gasteiger partial charge in [-0.1, -0.05) is 63.2 Å². The van der Waals surface area contributed by atoms with E-state index in [9.17, 15) is 4.79 Å². The van der Waals surface area contributed by atoms with Crippen molar-refractivity contribution >= 4 is 12.9 Å². The number of hydrogen-bond acceptors (Lipinski definition) is 4. The highest BCUT2D eigenvalue weighted by Crippen LogP contribution is 2.14. The van der Waals surface area contributed by atoms with E-state index in [0.29, 0.717) is 6.61 Å². The van der Waals surface area contributed by atoms with Crippen molar-refractivity contribution in [2.75, 3.05) is 20.8 Å². The van der Waals surface area contributed by atoms with Crippen LogP contribution in [-0.2, 0) is 22.4 Å². The van der Waals surface area contributed by atoms with Crippen LogP contribution in [0.5, 0.6) is 5.75 Å². The van der Waals surface area contributed by atoms with Gasteiger partial charge in [0.1, 0.15) is 19.1 Å². The number of aryl methyl sites for hydroxylation is 1. The number of rotatable bonds is 4. The first-order chi connectivity index (χ1) is 13.6. The predicted molar refractivity (Wildman–Crippen MR) is 114 cm³/mol. The largest absolute Gasteiger partial charge is 0.497 e. The van der Waals surface area contributed by atoms with Gasteiger partial charge in [0, 0.05) is 7.05 Å². The number of likely N-dealkylation sites (N-methyl/N-ethyl adjacent to an activating group) is 1. The first-order valence-electron chi connectivity index (χ1n) is 9.49. The number of ether oxygens (including phenoxy) is 2. The van der Waals surface area contributed by atoms with Gasteiger partial charge in [-0.05, 0) is 36.1 Å². The summed E-state index contributed by atoms with van der Waals surface area (Å²) in [6.45, 7) is 8.64. The van der Waals surface area contributed by atoms with Crippen LogP contribution >= 0.6 is 0 Å². The summed E-state index contributed by atoms with van der Waals surface area (Å²) in [7, 11) is 3.46. The Kier molecular flexibility index (Phi) is 13.7. The maximum atomic E-state index is 11.1. The molecule has 1 atom stereocenters. The van der Waals surface area contributed by atoms with E-state index in [1.807, 2.05) is 51.0 Å². The molecule has 1 fully saturated rings. The van der Waals surface area contributed by atoms with Crippen molar-refractivity contribution in [3.8, 4) is 5.75 Å². The number of cyclic esters (lactones) is 1. The van der Waals surface area contributed by atoms with Crippen LogP contribution in [0, 0.1) is 0 Å². The molecule has 0 radical (unpaired) electrons. The third-order valence-electron chi connectivity index (χ3n) is 4.12. The molecule has 1 amide bonds. The molecule has 1 saturated heterocycles. The summed E-state index contributed by atoms with van der Waals surface area (Å²) in [6, 6.07) is 18.5. The van der Waals surface area contributed by atoms with Gasteiger partial charge in [0.05, 0.1) is 13.2 Å². The summed E-state index contributed by atoms with van der Waals surface area (Å²) in [6.07, 6.45) is 1.73. The van der Waals surface area contributed by atoms with E-state index in [1.165, 1.54) is 11.1 Å². The van der Waals surface area contributed by atoms with E-state index in [-0.39, 0.29) is 12.1 Å². The summed E-state index contributed by atoms with van der Waals surface area (Å²) in [5, 5.41) is 0. The van der Waals surface area contributed by atoms with Gasteiger partial charge in [-0.25, -0.2) is 4.79 Å². The molecule has 0 N–H and O–H groups in total. The zero-order valence-electron chi connectivity index (χ0n) is 17.7. The van der Waals surface area contributed by atoms with Crippen LogP contribution in [0.2, 0.25) is 0 Å². The van der Waals surface area contributed by atoms with Crippen LogP contribution in [0.4, 0.5) is 4.79 Å². The number of hydrogen-bond donors (Lipinski definition) is 0. The molecule has 1 heterocycles. The molecule has 3 rings (SSSR count). The van der Waals surface area contributed by atoms with Gasteiger partial charge in [0.2, 0.25) is 0 Å². The van der Waals surface area contributed by atoms with E-state index in [0.717, 1.165) is 18.6 Å². The van der Waals surface area contributed by atoms with Gasteiger partial charge in [-0.3, -0.25) is 0 Å². The third-order valence-corrected chi connectivity index (χ3v) is 4.12. The number of carbonyl (C=O) groups excluding carboxylic acids is 2. The maximum Gasteiger partial charge on any atom is 0.409 e. The Balaban J connectivity index is 0.000000460. The Bertz CT molecular complexity index is 620. The minimum absolute atomic E-state index is 0.185. The molecule has 28 heavy (non-hydrogen) atoms. The van der Waals surface area contributed by atoms with Crippen LogP contribution in [0.15, 0.2) is 54.6 Å². The smallest absolute Gasteiger partial charge is 0.409 e. The lowest BCUT2D eigenvalue weighted by Crippen LogP contribution is -2.30. The molecular formula is C23H33NO4. The highest BCUT2D eigenvalue weighted by atomic mass is 16.6. The molecule has 2 aromatic rings. The van der Waals surface area contributed by atoms with Crippen molar-refractivity contribution < 1.29 is 19.1 Å². The van der Waals surface area contributed by atoms with Gasteiger partial charge in [0.15, 0.2) is 0 Å². The number of methoxy groups -OCH3 is 1. The van der Waals surface area contributed by atoms with Crippen LogP contribution in [0.25, 0.3) is 0 Å². The summed E-state index contributed by atoms with van der Waals surface area (Å²) in [5.41, 5.74) is 2.59. The minimum Gasteiger partial charge on any atom is -0.497 e. The van der Waals surface area contributed by atoms with Gasteiger partial charge >= 0.3 is 6.09 Å². The fraction of sp³-hybridized carbons (Fsp3) is 0.391. The van der Waals surface area contributed by atoms with E-state index >= 15 is 0 Å². The zero-order valence-corrected chi connectivity index (χ0v) is 17.7. The molecule has 0 bridgehead atoms. The third kappa shape index (κ3) is 8.71. The molecule has 2 aromatic carbocycles. The van der Waals surface area contributed by atoms with Crippen LogP contribution < -0.4 is 4.74 Å². The Labute approximate surface area is 169 Å². The summed E-state index contributed by atoms with van der Waals surface area (Å²) < 4.78 is 9.95. The maximum absolute atomic E-state index is 11.1. The first kappa shape index (κ1) is 25.2. The van der Waals surface area contributed by atoms with Crippen molar-refractivity contribution in [1.29, 1.82) is 0 Å². The first-order valence-corrected chi connectivity index (χ1v) is 9.49. The van der Waals surface area contributed by atoms with Crippen molar-refractivity contribution in [1.82, 2.24) is 4.90 Å². The number of amides is 1. The average molecular weight is 388 g/mol. The van der Waals surface area contributed by atoms with E-state index in [4.69, 9.17) is 14.3 Å². The topological polar surface area (TPSA) is 55.8 Å². The highest BCUT2D eigenvalue weighted by molar-refractivity contribution is 5.69. The second-order valence-corrected chi connectivity index (χ2v) is 5.73. The van der Waals surface area contributed by atoms with Crippen molar-refractivity contribution in [3.05, 3.63) is 65.7 Å². The SMILES string of the molecule is C=O.CC.CCc1ccc(OC)cc1.CN1C(=O)OCC1Cc1ccccc1. The number of carbonyl (C=O) groups is 2. The molecule has 5 nitrogen and oxygen atoms in total. The number of nitrogens with zero attached hydrogens (tertiary/aromatic N) is 1. The van der Waals surface area contributed by atoms with Crippen molar-refractivity contribution in [3.63, 3.8) is 0 Å². The predicted octanol–water partition coefficient (Wildman–Crippen LogP) is 4.78. The molecule has 0 spiro atoms. The summed E-state index contributed by atoms with van der Waals surface area (Å²) in [5.74, 6) is 0.928. The fourth-order valence-electron chi connectivity index (χ4n) is 2.47. The molecule has 0 aliphatic carbocycles. The monoisotopic (exact) mass is 387 g/mol. The molecule has 0 aromatic heterocycles. The molecule has 1 aliphatic heterocycles. The van der Waals surface area contributed by atoms with Crippen molar-refractivity contribution in [2.45, 2.75) is 39.7 Å². The lowest BCUT2D eigenvalue weighted by atomic mass is 10.1. The second kappa shape index (κ2) is 15.3. The normalized spacial score (nSPS) is 14.2. The Morgan fingerprint density at radius 1 is 1.04 bits per heavy atom. The van der Waals surface area contributed by atoms with Gasteiger partial charge in [-0.2, -0.15) is 0 Å². The lowest BCUT2D eigenvalue weighted by molar-refractivity contribution is -0.0980. The second-order valence-electron chi connectivity index (χ2n) is 5.73.